The van der Waals surface area contributed by atoms with Gasteiger partial charge < -0.3 is 25.6 Å². The molecule has 0 bridgehead atoms. The van der Waals surface area contributed by atoms with Crippen LogP contribution in [0.15, 0.2) is 36.4 Å². The molecular weight excluding hydrogens is 730 g/mol. The Kier molecular flexibility index (Phi) is 10.8. The fourth-order valence-corrected chi connectivity index (χ4v) is 7.79. The predicted octanol–water partition coefficient (Wildman–Crippen LogP) is 8.05. The highest BCUT2D eigenvalue weighted by atomic mass is 19.1. The third-order valence-corrected chi connectivity index (χ3v) is 10.2. The highest BCUT2D eigenvalue weighted by molar-refractivity contribution is 5.98. The standard InChI is InChI=1S/C37H41F4N7O7/c1-37(2,3)55-36(50)45-13-7-8-31(45)35(49)43-28-19-24(39)22(17-33(28)48(53)54)30-10-9-29(21-16-32(47(51)52)27(42)18-23(21)38)46(30)20-14-25(40)34(26(41)15-20)44-11-5-4-6-12-44/h14-19,29-31H,4-13,42H2,1-3H3,(H,43,49)/t29-,30-,31?/m1/s1. The zero-order valence-corrected chi connectivity index (χ0v) is 30.5. The minimum atomic E-state index is -1.21. The third kappa shape index (κ3) is 7.93. The Morgan fingerprint density at radius 2 is 1.35 bits per heavy atom. The predicted molar refractivity (Wildman–Crippen MR) is 195 cm³/mol. The van der Waals surface area contributed by atoms with Gasteiger partial charge in [0.25, 0.3) is 11.4 Å². The number of benzene rings is 3. The van der Waals surface area contributed by atoms with Crippen molar-refractivity contribution in [1.82, 2.24) is 4.90 Å². The van der Waals surface area contributed by atoms with Crippen LogP contribution in [0.1, 0.15) is 88.9 Å². The summed E-state index contributed by atoms with van der Waals surface area (Å²) in [4.78, 5) is 52.8. The molecule has 0 spiro atoms. The number of hydrogen-bond acceptors (Lipinski definition) is 10. The maximum Gasteiger partial charge on any atom is 0.410 e. The first-order valence-corrected chi connectivity index (χ1v) is 18.0. The van der Waals surface area contributed by atoms with Crippen LogP contribution < -0.4 is 20.9 Å². The Bertz CT molecular complexity index is 2020. The summed E-state index contributed by atoms with van der Waals surface area (Å²) < 4.78 is 69.1. The molecule has 18 heteroatoms. The number of amides is 2. The van der Waals surface area contributed by atoms with Crippen molar-refractivity contribution in [2.24, 2.45) is 0 Å². The number of rotatable bonds is 8. The molecule has 0 saturated carbocycles. The lowest BCUT2D eigenvalue weighted by molar-refractivity contribution is -0.384. The number of nitro benzene ring substituents is 2. The van der Waals surface area contributed by atoms with Crippen LogP contribution in [0.5, 0.6) is 0 Å². The molecule has 0 aromatic heterocycles. The maximum absolute atomic E-state index is 16.3. The van der Waals surface area contributed by atoms with Gasteiger partial charge in [-0.2, -0.15) is 0 Å². The Labute approximate surface area is 313 Å². The minimum Gasteiger partial charge on any atom is -0.444 e. The number of nitro groups is 2. The molecule has 3 N–H and O–H groups in total. The highest BCUT2D eigenvalue weighted by Gasteiger charge is 2.42. The maximum atomic E-state index is 16.3. The normalized spacial score (nSPS) is 20.1. The Hall–Kier alpha value is -5.68. The van der Waals surface area contributed by atoms with Gasteiger partial charge in [0, 0.05) is 60.7 Å². The van der Waals surface area contributed by atoms with Crippen molar-refractivity contribution >= 4 is 46.1 Å². The summed E-state index contributed by atoms with van der Waals surface area (Å²) in [6.45, 7) is 6.00. The average molecular weight is 772 g/mol. The minimum absolute atomic E-state index is 0.0202. The van der Waals surface area contributed by atoms with Crippen molar-refractivity contribution in [2.45, 2.75) is 89.4 Å². The van der Waals surface area contributed by atoms with Crippen molar-refractivity contribution in [3.63, 3.8) is 0 Å². The number of anilines is 4. The van der Waals surface area contributed by atoms with Crippen LogP contribution in [0.25, 0.3) is 0 Å². The van der Waals surface area contributed by atoms with E-state index in [2.05, 4.69) is 5.32 Å². The molecule has 3 atom stereocenters. The molecule has 3 aliphatic rings. The molecule has 3 aliphatic heterocycles. The molecule has 2 amide bonds. The second-order valence-corrected chi connectivity index (χ2v) is 15.0. The number of ether oxygens (including phenoxy) is 1. The first kappa shape index (κ1) is 39.0. The van der Waals surface area contributed by atoms with E-state index in [1.165, 1.54) is 9.80 Å². The summed E-state index contributed by atoms with van der Waals surface area (Å²) in [5, 5.41) is 26.6. The number of nitrogens with two attached hydrogens (primary N) is 1. The van der Waals surface area contributed by atoms with Crippen molar-refractivity contribution in [2.75, 3.05) is 40.5 Å². The summed E-state index contributed by atoms with van der Waals surface area (Å²) >= 11 is 0. The monoisotopic (exact) mass is 771 g/mol. The number of piperidine rings is 1. The van der Waals surface area contributed by atoms with Crippen molar-refractivity contribution in [3.8, 4) is 0 Å². The van der Waals surface area contributed by atoms with Crippen LogP contribution in [0.2, 0.25) is 0 Å². The first-order chi connectivity index (χ1) is 25.9. The van der Waals surface area contributed by atoms with Crippen LogP contribution in [-0.2, 0) is 9.53 Å². The molecule has 3 fully saturated rings. The molecule has 14 nitrogen and oxygen atoms in total. The van der Waals surface area contributed by atoms with Gasteiger partial charge in [-0.3, -0.25) is 29.9 Å². The van der Waals surface area contributed by atoms with Crippen molar-refractivity contribution in [3.05, 3.63) is 91.0 Å². The fraction of sp³-hybridized carbons (Fsp3) is 0.459. The third-order valence-electron chi connectivity index (χ3n) is 10.2. The van der Waals surface area contributed by atoms with Gasteiger partial charge in [0.2, 0.25) is 5.91 Å². The van der Waals surface area contributed by atoms with Crippen LogP contribution in [0.3, 0.4) is 0 Å². The second-order valence-electron chi connectivity index (χ2n) is 15.0. The number of hydrogen-bond donors (Lipinski definition) is 2. The van der Waals surface area contributed by atoms with E-state index in [1.807, 2.05) is 0 Å². The number of likely N-dealkylation sites (tertiary alicyclic amines) is 1. The van der Waals surface area contributed by atoms with E-state index in [0.29, 0.717) is 19.5 Å². The smallest absolute Gasteiger partial charge is 0.410 e. The highest BCUT2D eigenvalue weighted by Crippen LogP contribution is 2.50. The molecule has 294 valence electrons. The summed E-state index contributed by atoms with van der Waals surface area (Å²) in [5.41, 5.74) is 1.57. The van der Waals surface area contributed by atoms with Gasteiger partial charge in [-0.25, -0.2) is 22.4 Å². The van der Waals surface area contributed by atoms with E-state index in [9.17, 15) is 29.8 Å². The molecule has 3 aromatic carbocycles. The van der Waals surface area contributed by atoms with E-state index in [4.69, 9.17) is 10.5 Å². The Balaban J connectivity index is 1.40. The molecule has 0 aliphatic carbocycles. The SMILES string of the molecule is CC(C)(C)OC(=O)N1CCCC1C(=O)Nc1cc(F)c([C@H]2CC[C@H](c3cc([N+](=O)[O-])c(N)cc3F)N2c2cc(F)c(N3CCCCC3)c(F)c2)cc1[N+](=O)[O-]. The Morgan fingerprint density at radius 3 is 1.91 bits per heavy atom. The van der Waals surface area contributed by atoms with Crippen LogP contribution in [0, 0.1) is 43.5 Å². The van der Waals surface area contributed by atoms with Crippen LogP contribution in [-0.4, -0.2) is 58.0 Å². The number of carbonyl (C=O) groups excluding carboxylic acids is 2. The van der Waals surface area contributed by atoms with Gasteiger partial charge in [0.1, 0.15) is 40.3 Å². The number of nitrogen functional groups attached to an aromatic ring is 1. The second kappa shape index (κ2) is 15.2. The van der Waals surface area contributed by atoms with E-state index in [1.54, 1.807) is 25.7 Å². The first-order valence-electron chi connectivity index (χ1n) is 18.0. The van der Waals surface area contributed by atoms with Gasteiger partial charge in [0.15, 0.2) is 11.6 Å². The lowest BCUT2D eigenvalue weighted by atomic mass is 10.0. The molecule has 1 unspecified atom stereocenters. The average Bonchev–Trinajstić information content (AvgIpc) is 3.76. The quantitative estimate of drug-likeness (QED) is 0.0986. The molecular formula is C37H41F4N7O7. The van der Waals surface area contributed by atoms with Gasteiger partial charge in [0.05, 0.1) is 21.9 Å². The summed E-state index contributed by atoms with van der Waals surface area (Å²) in [5.74, 6) is -4.69. The molecule has 3 aromatic rings. The summed E-state index contributed by atoms with van der Waals surface area (Å²) in [6.07, 6.45) is 2.22. The van der Waals surface area contributed by atoms with E-state index in [0.717, 1.165) is 55.7 Å². The topological polar surface area (TPSA) is 177 Å². The molecule has 6 rings (SSSR count). The van der Waals surface area contributed by atoms with E-state index >= 15 is 17.6 Å². The Morgan fingerprint density at radius 1 is 0.782 bits per heavy atom. The summed E-state index contributed by atoms with van der Waals surface area (Å²) in [6, 6.07) is 1.92. The zero-order chi connectivity index (χ0) is 39.9. The lowest BCUT2D eigenvalue weighted by Crippen LogP contribution is -2.45. The summed E-state index contributed by atoms with van der Waals surface area (Å²) in [7, 11) is 0. The van der Waals surface area contributed by atoms with Gasteiger partial charge in [-0.1, -0.05) is 0 Å². The number of nitrogens with one attached hydrogen (secondary N) is 1. The molecule has 55 heavy (non-hydrogen) atoms. The molecule has 3 heterocycles. The fourth-order valence-electron chi connectivity index (χ4n) is 7.79. The van der Waals surface area contributed by atoms with Crippen LogP contribution in [0.4, 0.5) is 56.5 Å². The van der Waals surface area contributed by atoms with Gasteiger partial charge >= 0.3 is 6.09 Å². The van der Waals surface area contributed by atoms with E-state index in [-0.39, 0.29) is 48.3 Å². The number of carbonyl (C=O) groups is 2. The van der Waals surface area contributed by atoms with E-state index < -0.39 is 91.6 Å². The van der Waals surface area contributed by atoms with Crippen molar-refractivity contribution < 1.29 is 41.7 Å². The van der Waals surface area contributed by atoms with Gasteiger partial charge in [-0.05, 0) is 77.8 Å². The lowest BCUT2D eigenvalue weighted by Gasteiger charge is -2.35. The molecule has 0 radical (unpaired) electrons. The number of nitrogens with zero attached hydrogens (tertiary/aromatic N) is 5. The van der Waals surface area contributed by atoms with Crippen molar-refractivity contribution in [1.29, 1.82) is 0 Å². The molecule has 3 saturated heterocycles. The van der Waals surface area contributed by atoms with Crippen LogP contribution >= 0.6 is 0 Å². The number of halogens is 4. The van der Waals surface area contributed by atoms with Gasteiger partial charge in [-0.15, -0.1) is 0 Å². The zero-order valence-electron chi connectivity index (χ0n) is 30.5. The largest absolute Gasteiger partial charge is 0.444 e.